The summed E-state index contributed by atoms with van der Waals surface area (Å²) in [6, 6.07) is 4.37. The molecule has 0 bridgehead atoms. The lowest BCUT2D eigenvalue weighted by Gasteiger charge is -2.20. The third-order valence-electron chi connectivity index (χ3n) is 2.62. The van der Waals surface area contributed by atoms with Crippen LogP contribution in [0.1, 0.15) is 29.3 Å². The van der Waals surface area contributed by atoms with Gasteiger partial charge in [-0.15, -0.1) is 0 Å². The van der Waals surface area contributed by atoms with E-state index >= 15 is 0 Å². The van der Waals surface area contributed by atoms with Crippen LogP contribution in [0.25, 0.3) is 0 Å². The highest BCUT2D eigenvalue weighted by atomic mass is 19.1. The number of amides is 1. The SMILES string of the molecule is CCN(CCC(=O)O)C(=O)c1ccc(C)cc1F. The van der Waals surface area contributed by atoms with Crippen LogP contribution >= 0.6 is 0 Å². The van der Waals surface area contributed by atoms with Gasteiger partial charge in [-0.3, -0.25) is 9.59 Å². The molecule has 0 unspecified atom stereocenters. The van der Waals surface area contributed by atoms with Crippen LogP contribution < -0.4 is 0 Å². The number of rotatable bonds is 5. The number of benzene rings is 1. The molecule has 0 aromatic heterocycles. The number of hydrogen-bond donors (Lipinski definition) is 1. The minimum atomic E-state index is -0.981. The third-order valence-corrected chi connectivity index (χ3v) is 2.62. The fourth-order valence-corrected chi connectivity index (χ4v) is 1.60. The molecule has 0 aliphatic carbocycles. The molecule has 18 heavy (non-hydrogen) atoms. The molecule has 1 rings (SSSR count). The molecule has 1 amide bonds. The van der Waals surface area contributed by atoms with Crippen molar-refractivity contribution in [1.82, 2.24) is 4.90 Å². The van der Waals surface area contributed by atoms with Gasteiger partial charge in [0.15, 0.2) is 0 Å². The van der Waals surface area contributed by atoms with Gasteiger partial charge in [0, 0.05) is 13.1 Å². The fraction of sp³-hybridized carbons (Fsp3) is 0.385. The summed E-state index contributed by atoms with van der Waals surface area (Å²) in [5.74, 6) is -2.03. The van der Waals surface area contributed by atoms with E-state index in [0.717, 1.165) is 5.56 Å². The third kappa shape index (κ3) is 3.55. The molecule has 0 spiro atoms. The van der Waals surface area contributed by atoms with Crippen molar-refractivity contribution in [2.45, 2.75) is 20.3 Å². The second kappa shape index (κ2) is 6.14. The zero-order valence-corrected chi connectivity index (χ0v) is 10.4. The van der Waals surface area contributed by atoms with Crippen LogP contribution in [-0.4, -0.2) is 35.0 Å². The summed E-state index contributed by atoms with van der Waals surface area (Å²) in [5.41, 5.74) is 0.713. The van der Waals surface area contributed by atoms with Gasteiger partial charge in [0.05, 0.1) is 12.0 Å². The van der Waals surface area contributed by atoms with E-state index in [1.54, 1.807) is 19.9 Å². The number of hydrogen-bond acceptors (Lipinski definition) is 2. The van der Waals surface area contributed by atoms with Gasteiger partial charge in [-0.2, -0.15) is 0 Å². The number of aryl methyl sites for hydroxylation is 1. The highest BCUT2D eigenvalue weighted by Crippen LogP contribution is 2.12. The van der Waals surface area contributed by atoms with Gasteiger partial charge >= 0.3 is 5.97 Å². The Morgan fingerprint density at radius 3 is 2.56 bits per heavy atom. The smallest absolute Gasteiger partial charge is 0.305 e. The van der Waals surface area contributed by atoms with E-state index in [0.29, 0.717) is 6.54 Å². The normalized spacial score (nSPS) is 10.2. The summed E-state index contributed by atoms with van der Waals surface area (Å²) >= 11 is 0. The molecule has 0 aliphatic heterocycles. The molecular weight excluding hydrogens is 237 g/mol. The van der Waals surface area contributed by atoms with E-state index < -0.39 is 17.7 Å². The van der Waals surface area contributed by atoms with E-state index in [4.69, 9.17) is 5.11 Å². The highest BCUT2D eigenvalue weighted by Gasteiger charge is 2.18. The van der Waals surface area contributed by atoms with Gasteiger partial charge < -0.3 is 10.0 Å². The molecule has 1 N–H and O–H groups in total. The van der Waals surface area contributed by atoms with Gasteiger partial charge in [-0.05, 0) is 31.5 Å². The van der Waals surface area contributed by atoms with Crippen LogP contribution in [0.2, 0.25) is 0 Å². The fourth-order valence-electron chi connectivity index (χ4n) is 1.60. The Morgan fingerprint density at radius 2 is 2.06 bits per heavy atom. The van der Waals surface area contributed by atoms with Crippen molar-refractivity contribution in [1.29, 1.82) is 0 Å². The second-order valence-corrected chi connectivity index (χ2v) is 4.01. The average molecular weight is 253 g/mol. The first-order valence-corrected chi connectivity index (χ1v) is 5.73. The monoisotopic (exact) mass is 253 g/mol. The molecule has 0 saturated carbocycles. The molecule has 98 valence electrons. The molecule has 0 heterocycles. The number of carboxylic acid groups (broad SMARTS) is 1. The Morgan fingerprint density at radius 1 is 1.39 bits per heavy atom. The van der Waals surface area contributed by atoms with Crippen molar-refractivity contribution in [2.75, 3.05) is 13.1 Å². The molecule has 0 saturated heterocycles. The van der Waals surface area contributed by atoms with Crippen LogP contribution in [0.15, 0.2) is 18.2 Å². The summed E-state index contributed by atoms with van der Waals surface area (Å²) in [4.78, 5) is 23.8. The number of nitrogens with zero attached hydrogens (tertiary/aromatic N) is 1. The number of carbonyl (C=O) groups excluding carboxylic acids is 1. The second-order valence-electron chi connectivity index (χ2n) is 4.01. The molecule has 0 atom stereocenters. The maximum absolute atomic E-state index is 13.6. The van der Waals surface area contributed by atoms with E-state index in [9.17, 15) is 14.0 Å². The first-order chi connectivity index (χ1) is 8.45. The molecule has 0 fully saturated rings. The predicted octanol–water partition coefficient (Wildman–Crippen LogP) is 2.07. The van der Waals surface area contributed by atoms with Crippen LogP contribution in [0.3, 0.4) is 0 Å². The van der Waals surface area contributed by atoms with Crippen molar-refractivity contribution in [3.63, 3.8) is 0 Å². The Balaban J connectivity index is 2.86. The van der Waals surface area contributed by atoms with Gasteiger partial charge in [-0.25, -0.2) is 4.39 Å². The number of halogens is 1. The summed E-state index contributed by atoms with van der Waals surface area (Å²) < 4.78 is 13.6. The van der Waals surface area contributed by atoms with Gasteiger partial charge in [0.25, 0.3) is 5.91 Å². The van der Waals surface area contributed by atoms with Crippen LogP contribution in [0.5, 0.6) is 0 Å². The van der Waals surface area contributed by atoms with Crippen LogP contribution in [0, 0.1) is 12.7 Å². The Hall–Kier alpha value is -1.91. The van der Waals surface area contributed by atoms with Crippen molar-refractivity contribution in [2.24, 2.45) is 0 Å². The van der Waals surface area contributed by atoms with Gasteiger partial charge in [0.2, 0.25) is 0 Å². The van der Waals surface area contributed by atoms with E-state index in [2.05, 4.69) is 0 Å². The quantitative estimate of drug-likeness (QED) is 0.874. The van der Waals surface area contributed by atoms with Crippen molar-refractivity contribution >= 4 is 11.9 Å². The lowest BCUT2D eigenvalue weighted by molar-refractivity contribution is -0.137. The topological polar surface area (TPSA) is 57.6 Å². The molecule has 1 aromatic rings. The summed E-state index contributed by atoms with van der Waals surface area (Å²) in [5, 5.41) is 8.59. The van der Waals surface area contributed by atoms with Crippen molar-refractivity contribution < 1.29 is 19.1 Å². The number of carbonyl (C=O) groups is 2. The first kappa shape index (κ1) is 14.2. The molecule has 0 aliphatic rings. The Bertz CT molecular complexity index is 460. The first-order valence-electron chi connectivity index (χ1n) is 5.73. The number of aliphatic carboxylic acids is 1. The molecule has 1 aromatic carbocycles. The minimum Gasteiger partial charge on any atom is -0.481 e. The van der Waals surface area contributed by atoms with E-state index in [1.165, 1.54) is 17.0 Å². The van der Waals surface area contributed by atoms with Crippen molar-refractivity contribution in [3.05, 3.63) is 35.1 Å². The molecule has 5 heteroatoms. The van der Waals surface area contributed by atoms with Crippen LogP contribution in [0.4, 0.5) is 4.39 Å². The molecule has 0 radical (unpaired) electrons. The Kier molecular flexibility index (Phi) is 4.83. The van der Waals surface area contributed by atoms with Gasteiger partial charge in [-0.1, -0.05) is 6.07 Å². The maximum atomic E-state index is 13.6. The zero-order valence-electron chi connectivity index (χ0n) is 10.4. The largest absolute Gasteiger partial charge is 0.481 e. The zero-order chi connectivity index (χ0) is 13.7. The van der Waals surface area contributed by atoms with Crippen LogP contribution in [-0.2, 0) is 4.79 Å². The highest BCUT2D eigenvalue weighted by molar-refractivity contribution is 5.94. The van der Waals surface area contributed by atoms with E-state index in [-0.39, 0.29) is 18.5 Å². The summed E-state index contributed by atoms with van der Waals surface area (Å²) in [7, 11) is 0. The standard InChI is InChI=1S/C13H16FNO3/c1-3-15(7-6-12(16)17)13(18)10-5-4-9(2)8-11(10)14/h4-5,8H,3,6-7H2,1-2H3,(H,16,17). The molecule has 4 nitrogen and oxygen atoms in total. The summed E-state index contributed by atoms with van der Waals surface area (Å²) in [6.07, 6.45) is -0.146. The minimum absolute atomic E-state index is 0.0205. The summed E-state index contributed by atoms with van der Waals surface area (Å²) in [6.45, 7) is 3.89. The Labute approximate surface area is 105 Å². The lowest BCUT2D eigenvalue weighted by Crippen LogP contribution is -2.33. The molecular formula is C13H16FNO3. The van der Waals surface area contributed by atoms with E-state index in [1.807, 2.05) is 0 Å². The van der Waals surface area contributed by atoms with Gasteiger partial charge in [0.1, 0.15) is 5.82 Å². The number of carboxylic acids is 1. The maximum Gasteiger partial charge on any atom is 0.305 e. The predicted molar refractivity (Wildman–Crippen MR) is 65.0 cm³/mol. The lowest BCUT2D eigenvalue weighted by atomic mass is 10.1. The van der Waals surface area contributed by atoms with Crippen molar-refractivity contribution in [3.8, 4) is 0 Å². The average Bonchev–Trinajstić information content (AvgIpc) is 2.29.